The van der Waals surface area contributed by atoms with E-state index in [1.807, 2.05) is 39.8 Å². The van der Waals surface area contributed by atoms with Crippen LogP contribution in [0.3, 0.4) is 0 Å². The van der Waals surface area contributed by atoms with Gasteiger partial charge in [0.15, 0.2) is 0 Å². The molecule has 96 valence electrons. The lowest BCUT2D eigenvalue weighted by molar-refractivity contribution is 0.584. The number of halogens is 1. The van der Waals surface area contributed by atoms with Crippen LogP contribution in [-0.2, 0) is 11.0 Å². The van der Waals surface area contributed by atoms with Crippen LogP contribution in [0.5, 0.6) is 0 Å². The van der Waals surface area contributed by atoms with Gasteiger partial charge in [-0.3, -0.25) is 4.98 Å². The van der Waals surface area contributed by atoms with E-state index in [4.69, 9.17) is 0 Å². The van der Waals surface area contributed by atoms with E-state index in [0.717, 1.165) is 16.6 Å². The summed E-state index contributed by atoms with van der Waals surface area (Å²) in [5.41, 5.74) is 0.897. The average molecular weight is 319 g/mol. The van der Waals surface area contributed by atoms with Gasteiger partial charge in [0.2, 0.25) is 0 Å². The van der Waals surface area contributed by atoms with Gasteiger partial charge in [-0.05, 0) is 55.3 Å². The maximum Gasteiger partial charge on any atom is 0.0979 e. The molecule has 17 heavy (non-hydrogen) atoms. The van der Waals surface area contributed by atoms with Crippen LogP contribution >= 0.6 is 15.9 Å². The summed E-state index contributed by atoms with van der Waals surface area (Å²) in [6.07, 6.45) is 2.62. The molecule has 0 radical (unpaired) electrons. The molecule has 0 aliphatic rings. The van der Waals surface area contributed by atoms with Gasteiger partial charge in [0.25, 0.3) is 0 Å². The van der Waals surface area contributed by atoms with Crippen LogP contribution in [0.4, 0.5) is 0 Å². The monoisotopic (exact) mass is 318 g/mol. The molecule has 1 rings (SSSR count). The summed E-state index contributed by atoms with van der Waals surface area (Å²) in [6.45, 7) is 8.01. The fraction of sp³-hybridized carbons (Fsp3) is 0.583. The molecule has 0 aliphatic heterocycles. The largest absolute Gasteiger partial charge is 0.258 e. The Morgan fingerprint density at radius 2 is 2.18 bits per heavy atom. The van der Waals surface area contributed by atoms with Crippen LogP contribution in [0, 0.1) is 0 Å². The van der Waals surface area contributed by atoms with Crippen molar-refractivity contribution in [1.29, 1.82) is 0 Å². The number of pyridine rings is 1. The maximum atomic E-state index is 12.1. The van der Waals surface area contributed by atoms with Gasteiger partial charge in [0, 0.05) is 10.7 Å². The quantitative estimate of drug-likeness (QED) is 0.904. The van der Waals surface area contributed by atoms with Crippen molar-refractivity contribution in [1.82, 2.24) is 9.71 Å². The molecule has 1 unspecified atom stereocenters. The molecule has 1 aromatic rings. The Labute approximate surface area is 114 Å². The Morgan fingerprint density at radius 1 is 1.53 bits per heavy atom. The predicted octanol–water partition coefficient (Wildman–Crippen LogP) is 3.35. The van der Waals surface area contributed by atoms with Crippen molar-refractivity contribution in [3.05, 3.63) is 28.5 Å². The molecule has 3 nitrogen and oxygen atoms in total. The second kappa shape index (κ2) is 6.07. The zero-order valence-corrected chi connectivity index (χ0v) is 13.1. The Morgan fingerprint density at radius 3 is 2.65 bits per heavy atom. The highest BCUT2D eigenvalue weighted by molar-refractivity contribution is 9.10. The second-order valence-electron chi connectivity index (χ2n) is 4.62. The minimum absolute atomic E-state index is 0.0187. The highest BCUT2D eigenvalue weighted by Crippen LogP contribution is 2.19. The van der Waals surface area contributed by atoms with E-state index in [-0.39, 0.29) is 10.8 Å². The van der Waals surface area contributed by atoms with E-state index in [1.54, 1.807) is 6.20 Å². The Balaban J connectivity index is 2.70. The molecule has 0 spiro atoms. The van der Waals surface area contributed by atoms with Crippen LogP contribution in [0.2, 0.25) is 0 Å². The van der Waals surface area contributed by atoms with Crippen LogP contribution in [0.25, 0.3) is 0 Å². The van der Waals surface area contributed by atoms with Crippen molar-refractivity contribution >= 4 is 26.9 Å². The first-order valence-electron chi connectivity index (χ1n) is 5.66. The third-order valence-electron chi connectivity index (χ3n) is 2.83. The molecule has 0 amide bonds. The van der Waals surface area contributed by atoms with Gasteiger partial charge in [-0.2, -0.15) is 0 Å². The van der Waals surface area contributed by atoms with Gasteiger partial charge in [0.1, 0.15) is 0 Å². The number of aromatic nitrogens is 1. The molecule has 0 aliphatic carbocycles. The molecular formula is C12H19BrN2OS. The first-order valence-corrected chi connectivity index (χ1v) is 7.60. The number of nitrogens with zero attached hydrogens (tertiary/aromatic N) is 1. The minimum Gasteiger partial charge on any atom is -0.258 e. The van der Waals surface area contributed by atoms with Crippen LogP contribution in [-0.4, -0.2) is 13.9 Å². The number of nitrogens with one attached hydrogen (secondary N) is 1. The normalized spacial score (nSPS) is 15.6. The van der Waals surface area contributed by atoms with Crippen molar-refractivity contribution in [2.75, 3.05) is 0 Å². The van der Waals surface area contributed by atoms with Crippen molar-refractivity contribution in [3.8, 4) is 0 Å². The molecule has 0 aromatic carbocycles. The van der Waals surface area contributed by atoms with E-state index in [1.165, 1.54) is 0 Å². The van der Waals surface area contributed by atoms with Crippen LogP contribution in [0.1, 0.15) is 45.9 Å². The lowest BCUT2D eigenvalue weighted by atomic mass is 10.1. The Kier molecular flexibility index (Phi) is 5.28. The molecule has 0 saturated carbocycles. The Bertz CT molecular complexity index is 392. The van der Waals surface area contributed by atoms with Gasteiger partial charge in [-0.25, -0.2) is 8.93 Å². The van der Waals surface area contributed by atoms with E-state index < -0.39 is 11.0 Å². The van der Waals surface area contributed by atoms with Crippen LogP contribution in [0.15, 0.2) is 22.8 Å². The summed E-state index contributed by atoms with van der Waals surface area (Å²) < 4.78 is 15.9. The zero-order valence-electron chi connectivity index (χ0n) is 10.7. The topological polar surface area (TPSA) is 42.0 Å². The fourth-order valence-corrected chi connectivity index (χ4v) is 2.41. The third kappa shape index (κ3) is 4.16. The fourth-order valence-electron chi connectivity index (χ4n) is 1.15. The SMILES string of the molecule is CCC(C)(C)S(=O)N[C@H](C)c1ccc(Br)cn1. The molecule has 2 atom stereocenters. The molecular weight excluding hydrogens is 300 g/mol. The number of rotatable bonds is 5. The smallest absolute Gasteiger partial charge is 0.0979 e. The first-order chi connectivity index (χ1) is 7.86. The molecule has 5 heteroatoms. The van der Waals surface area contributed by atoms with Crippen LogP contribution < -0.4 is 4.72 Å². The van der Waals surface area contributed by atoms with E-state index in [2.05, 4.69) is 25.6 Å². The van der Waals surface area contributed by atoms with Gasteiger partial charge in [0.05, 0.1) is 27.5 Å². The lowest BCUT2D eigenvalue weighted by Gasteiger charge is -2.24. The summed E-state index contributed by atoms with van der Waals surface area (Å²) in [6, 6.07) is 3.85. The van der Waals surface area contributed by atoms with E-state index in [9.17, 15) is 4.21 Å². The van der Waals surface area contributed by atoms with Crippen molar-refractivity contribution in [3.63, 3.8) is 0 Å². The molecule has 1 aromatic heterocycles. The van der Waals surface area contributed by atoms with Gasteiger partial charge < -0.3 is 0 Å². The minimum atomic E-state index is -1.07. The molecule has 0 bridgehead atoms. The van der Waals surface area contributed by atoms with Gasteiger partial charge >= 0.3 is 0 Å². The first kappa shape index (κ1) is 14.8. The second-order valence-corrected chi connectivity index (χ2v) is 7.42. The lowest BCUT2D eigenvalue weighted by Crippen LogP contribution is -2.37. The van der Waals surface area contributed by atoms with Crippen molar-refractivity contribution in [2.45, 2.75) is 44.9 Å². The van der Waals surface area contributed by atoms with Gasteiger partial charge in [-0.15, -0.1) is 0 Å². The summed E-state index contributed by atoms with van der Waals surface area (Å²) in [7, 11) is -1.07. The molecule has 0 saturated heterocycles. The molecule has 1 heterocycles. The third-order valence-corrected chi connectivity index (χ3v) is 5.16. The summed E-state index contributed by atoms with van der Waals surface area (Å²) in [5.74, 6) is 0. The van der Waals surface area contributed by atoms with Crippen molar-refractivity contribution < 1.29 is 4.21 Å². The predicted molar refractivity (Wildman–Crippen MR) is 76.0 cm³/mol. The maximum absolute atomic E-state index is 12.1. The number of hydrogen-bond acceptors (Lipinski definition) is 2. The number of hydrogen-bond donors (Lipinski definition) is 1. The summed E-state index contributed by atoms with van der Waals surface area (Å²) >= 11 is 3.35. The highest BCUT2D eigenvalue weighted by atomic mass is 79.9. The Hall–Kier alpha value is -0.260. The summed E-state index contributed by atoms with van der Waals surface area (Å²) in [5, 5.41) is 0. The van der Waals surface area contributed by atoms with E-state index >= 15 is 0 Å². The molecule has 0 fully saturated rings. The van der Waals surface area contributed by atoms with Gasteiger partial charge in [-0.1, -0.05) is 6.92 Å². The summed E-state index contributed by atoms with van der Waals surface area (Å²) in [4.78, 5) is 4.30. The van der Waals surface area contributed by atoms with E-state index in [0.29, 0.717) is 0 Å². The average Bonchev–Trinajstić information content (AvgIpc) is 2.29. The highest BCUT2D eigenvalue weighted by Gasteiger charge is 2.25. The standard InChI is InChI=1S/C12H19BrN2OS/c1-5-12(3,4)17(16)15-9(2)11-7-6-10(13)8-14-11/h6-9,15H,5H2,1-4H3/t9-,17?/m1/s1. The molecule has 1 N–H and O–H groups in total. The zero-order chi connectivity index (χ0) is 13.1. The van der Waals surface area contributed by atoms with Crippen molar-refractivity contribution in [2.24, 2.45) is 0 Å².